The molecule has 0 bridgehead atoms. The van der Waals surface area contributed by atoms with Gasteiger partial charge < -0.3 is 9.64 Å². The van der Waals surface area contributed by atoms with Gasteiger partial charge >= 0.3 is 5.97 Å². The molecule has 1 rings (SSSR count). The number of methoxy groups -OCH3 is 1. The minimum atomic E-state index is -0.0742. The molecule has 4 nitrogen and oxygen atoms in total. The smallest absolute Gasteiger partial charge is 0.323 e. The molecule has 0 radical (unpaired) electrons. The van der Waals surface area contributed by atoms with Crippen molar-refractivity contribution in [1.82, 2.24) is 9.80 Å². The zero-order valence-electron chi connectivity index (χ0n) is 11.6. The van der Waals surface area contributed by atoms with E-state index in [1.54, 1.807) is 0 Å². The molecule has 1 heterocycles. The number of hydrogen-bond acceptors (Lipinski definition) is 4. The first-order valence-corrected chi connectivity index (χ1v) is 6.62. The molecule has 0 spiro atoms. The number of likely N-dealkylation sites (N-methyl/N-ethyl adjacent to an activating group) is 1. The lowest BCUT2D eigenvalue weighted by Crippen LogP contribution is -2.56. The maximum Gasteiger partial charge on any atom is 0.323 e. The van der Waals surface area contributed by atoms with Crippen LogP contribution in [-0.4, -0.2) is 61.6 Å². The fourth-order valence-corrected chi connectivity index (χ4v) is 2.57. The van der Waals surface area contributed by atoms with Gasteiger partial charge in [-0.25, -0.2) is 0 Å². The molecule has 0 N–H and O–H groups in total. The third-order valence-corrected chi connectivity index (χ3v) is 3.59. The van der Waals surface area contributed by atoms with Gasteiger partial charge in [-0.3, -0.25) is 9.69 Å². The molecule has 1 aliphatic rings. The van der Waals surface area contributed by atoms with Crippen molar-refractivity contribution in [1.29, 1.82) is 0 Å². The summed E-state index contributed by atoms with van der Waals surface area (Å²) in [5, 5.41) is 0. The second kappa shape index (κ2) is 6.97. The third kappa shape index (κ3) is 3.96. The van der Waals surface area contributed by atoms with E-state index in [9.17, 15) is 4.79 Å². The Morgan fingerprint density at radius 2 is 2.18 bits per heavy atom. The summed E-state index contributed by atoms with van der Waals surface area (Å²) in [4.78, 5) is 16.5. The van der Waals surface area contributed by atoms with Crippen LogP contribution in [0.4, 0.5) is 0 Å². The number of hydrogen-bond donors (Lipinski definition) is 0. The first-order chi connectivity index (χ1) is 8.10. The van der Waals surface area contributed by atoms with Crippen molar-refractivity contribution in [2.75, 3.05) is 33.8 Å². The van der Waals surface area contributed by atoms with Crippen LogP contribution in [0.3, 0.4) is 0 Å². The zero-order chi connectivity index (χ0) is 12.8. The van der Waals surface area contributed by atoms with E-state index >= 15 is 0 Å². The Labute approximate surface area is 105 Å². The normalized spacial score (nSPS) is 24.6. The molecule has 17 heavy (non-hydrogen) atoms. The second-order valence-electron chi connectivity index (χ2n) is 5.03. The van der Waals surface area contributed by atoms with Gasteiger partial charge in [0.25, 0.3) is 0 Å². The predicted octanol–water partition coefficient (Wildman–Crippen LogP) is 1.35. The average Bonchev–Trinajstić information content (AvgIpc) is 2.31. The minimum absolute atomic E-state index is 0.0522. The second-order valence-corrected chi connectivity index (χ2v) is 5.03. The van der Waals surface area contributed by atoms with Crippen molar-refractivity contribution in [3.05, 3.63) is 0 Å². The molecule has 1 aliphatic heterocycles. The summed E-state index contributed by atoms with van der Waals surface area (Å²) in [5.74, 6) is -0.0742. The van der Waals surface area contributed by atoms with Gasteiger partial charge in [-0.1, -0.05) is 19.8 Å². The summed E-state index contributed by atoms with van der Waals surface area (Å²) in [6, 6.07) is 0.373. The lowest BCUT2D eigenvalue weighted by atomic mass is 10.0. The largest absolute Gasteiger partial charge is 0.468 e. The van der Waals surface area contributed by atoms with Crippen LogP contribution >= 0.6 is 0 Å². The van der Waals surface area contributed by atoms with Crippen molar-refractivity contribution in [3.8, 4) is 0 Å². The lowest BCUT2D eigenvalue weighted by molar-refractivity contribution is -0.149. The van der Waals surface area contributed by atoms with Crippen LogP contribution in [0.2, 0.25) is 0 Å². The molecule has 1 fully saturated rings. The molecule has 0 amide bonds. The number of nitrogens with zero attached hydrogens (tertiary/aromatic N) is 2. The standard InChI is InChI=1S/C13H26N2O2/c1-5-6-7-12(13(16)17-4)15-9-8-14(3)10-11(15)2/h11-12H,5-10H2,1-4H3. The Bertz CT molecular complexity index is 246. The summed E-state index contributed by atoms with van der Waals surface area (Å²) in [6.45, 7) is 7.37. The van der Waals surface area contributed by atoms with E-state index in [0.29, 0.717) is 6.04 Å². The molecule has 2 atom stereocenters. The van der Waals surface area contributed by atoms with Gasteiger partial charge in [0.1, 0.15) is 6.04 Å². The molecule has 0 aromatic carbocycles. The van der Waals surface area contributed by atoms with Crippen LogP contribution in [0, 0.1) is 0 Å². The molecule has 0 saturated carbocycles. The Hall–Kier alpha value is -0.610. The Morgan fingerprint density at radius 1 is 1.47 bits per heavy atom. The fourth-order valence-electron chi connectivity index (χ4n) is 2.57. The first kappa shape index (κ1) is 14.5. The topological polar surface area (TPSA) is 32.8 Å². The van der Waals surface area contributed by atoms with Crippen LogP contribution < -0.4 is 0 Å². The number of piperazine rings is 1. The molecule has 4 heteroatoms. The van der Waals surface area contributed by atoms with Gasteiger partial charge in [0.05, 0.1) is 7.11 Å². The van der Waals surface area contributed by atoms with Crippen LogP contribution in [-0.2, 0) is 9.53 Å². The summed E-state index contributed by atoms with van der Waals surface area (Å²) < 4.78 is 4.94. The summed E-state index contributed by atoms with van der Waals surface area (Å²) in [5.41, 5.74) is 0. The molecule has 1 saturated heterocycles. The number of carbonyl (C=O) groups excluding carboxylic acids is 1. The minimum Gasteiger partial charge on any atom is -0.468 e. The van der Waals surface area contributed by atoms with Crippen molar-refractivity contribution in [2.45, 2.75) is 45.2 Å². The third-order valence-electron chi connectivity index (χ3n) is 3.59. The molecule has 2 unspecified atom stereocenters. The molecule has 0 aromatic heterocycles. The predicted molar refractivity (Wildman–Crippen MR) is 69.0 cm³/mol. The van der Waals surface area contributed by atoms with E-state index in [4.69, 9.17) is 4.74 Å². The lowest BCUT2D eigenvalue weighted by Gasteiger charge is -2.41. The Balaban J connectivity index is 2.64. The highest BCUT2D eigenvalue weighted by molar-refractivity contribution is 5.75. The highest BCUT2D eigenvalue weighted by atomic mass is 16.5. The van der Waals surface area contributed by atoms with Gasteiger partial charge in [0.2, 0.25) is 0 Å². The first-order valence-electron chi connectivity index (χ1n) is 6.62. The summed E-state index contributed by atoms with van der Waals surface area (Å²) in [7, 11) is 3.62. The zero-order valence-corrected chi connectivity index (χ0v) is 11.6. The van der Waals surface area contributed by atoms with E-state index in [0.717, 1.165) is 38.9 Å². The van der Waals surface area contributed by atoms with Crippen LogP contribution in [0.15, 0.2) is 0 Å². The Kier molecular flexibility index (Phi) is 5.92. The SMILES string of the molecule is CCCCC(C(=O)OC)N1CCN(C)CC1C. The summed E-state index contributed by atoms with van der Waals surface area (Å²) >= 11 is 0. The average molecular weight is 242 g/mol. The molecule has 0 aliphatic carbocycles. The molecule has 100 valence electrons. The van der Waals surface area contributed by atoms with E-state index in [1.165, 1.54) is 7.11 Å². The monoisotopic (exact) mass is 242 g/mol. The van der Waals surface area contributed by atoms with Gasteiger partial charge in [0.15, 0.2) is 0 Å². The van der Waals surface area contributed by atoms with E-state index in [2.05, 4.69) is 30.7 Å². The number of unbranched alkanes of at least 4 members (excludes halogenated alkanes) is 1. The van der Waals surface area contributed by atoms with E-state index in [1.807, 2.05) is 0 Å². The molecule has 0 aromatic rings. The highest BCUT2D eigenvalue weighted by Crippen LogP contribution is 2.17. The van der Waals surface area contributed by atoms with Crippen LogP contribution in [0.1, 0.15) is 33.1 Å². The Morgan fingerprint density at radius 3 is 2.71 bits per heavy atom. The van der Waals surface area contributed by atoms with Crippen LogP contribution in [0.5, 0.6) is 0 Å². The van der Waals surface area contributed by atoms with Crippen molar-refractivity contribution < 1.29 is 9.53 Å². The number of ether oxygens (including phenoxy) is 1. The number of rotatable bonds is 5. The van der Waals surface area contributed by atoms with E-state index < -0.39 is 0 Å². The van der Waals surface area contributed by atoms with Crippen LogP contribution in [0.25, 0.3) is 0 Å². The van der Waals surface area contributed by atoms with Gasteiger partial charge in [-0.2, -0.15) is 0 Å². The van der Waals surface area contributed by atoms with Gasteiger partial charge in [-0.05, 0) is 20.4 Å². The quantitative estimate of drug-likeness (QED) is 0.681. The van der Waals surface area contributed by atoms with Gasteiger partial charge in [-0.15, -0.1) is 0 Å². The van der Waals surface area contributed by atoms with Crippen molar-refractivity contribution in [2.24, 2.45) is 0 Å². The summed E-state index contributed by atoms with van der Waals surface area (Å²) in [6.07, 6.45) is 3.12. The maximum absolute atomic E-state index is 11.9. The number of carbonyl (C=O) groups is 1. The highest BCUT2D eigenvalue weighted by Gasteiger charge is 2.32. The molecular weight excluding hydrogens is 216 g/mol. The van der Waals surface area contributed by atoms with Crippen molar-refractivity contribution >= 4 is 5.97 Å². The number of esters is 1. The molecular formula is C13H26N2O2. The van der Waals surface area contributed by atoms with Gasteiger partial charge in [0, 0.05) is 25.7 Å². The maximum atomic E-state index is 11.9. The fraction of sp³-hybridized carbons (Fsp3) is 0.923. The van der Waals surface area contributed by atoms with Crippen molar-refractivity contribution in [3.63, 3.8) is 0 Å². The van der Waals surface area contributed by atoms with E-state index in [-0.39, 0.29) is 12.0 Å².